The van der Waals surface area contributed by atoms with E-state index in [4.69, 9.17) is 13.8 Å². The van der Waals surface area contributed by atoms with Crippen LogP contribution in [0.3, 0.4) is 0 Å². The fraction of sp³-hybridized carbons (Fsp3) is 0.0444. The summed E-state index contributed by atoms with van der Waals surface area (Å²) < 4.78 is 12.5. The standard InChI is InChI=1S/C45H31N3O2/c1-3-11-28(12-4-1)30-21-23-40-37(26-30)42-34(18-10-20-41(42)50-40)31-15-9-16-32(25-31)44-46-43(29-13-5-2-6-14-29)47-45(48-44)33-22-24-39-36(27-33)35-17-7-8-19-38(35)49-39/h1-27,44-45,48H,(H,46,47). The van der Waals surface area contributed by atoms with Crippen molar-refractivity contribution in [3.05, 3.63) is 180 Å². The van der Waals surface area contributed by atoms with Crippen LogP contribution in [-0.4, -0.2) is 5.84 Å². The van der Waals surface area contributed by atoms with Gasteiger partial charge in [0.25, 0.3) is 0 Å². The molecule has 2 atom stereocenters. The summed E-state index contributed by atoms with van der Waals surface area (Å²) in [6, 6.07) is 56.9. The van der Waals surface area contributed by atoms with E-state index in [0.29, 0.717) is 0 Å². The minimum Gasteiger partial charge on any atom is -0.456 e. The maximum Gasteiger partial charge on any atom is 0.136 e. The molecule has 10 rings (SSSR count). The minimum atomic E-state index is -0.293. The molecule has 238 valence electrons. The van der Waals surface area contributed by atoms with Crippen LogP contribution in [0.25, 0.3) is 66.1 Å². The second-order valence-corrected chi connectivity index (χ2v) is 12.8. The first-order valence-electron chi connectivity index (χ1n) is 16.9. The van der Waals surface area contributed by atoms with Crippen LogP contribution in [0.15, 0.2) is 178 Å². The summed E-state index contributed by atoms with van der Waals surface area (Å²) in [6.45, 7) is 0. The lowest BCUT2D eigenvalue weighted by atomic mass is 9.96. The zero-order valence-corrected chi connectivity index (χ0v) is 27.0. The fourth-order valence-electron chi connectivity index (χ4n) is 7.32. The number of hydrogen-bond acceptors (Lipinski definition) is 5. The molecule has 7 aromatic carbocycles. The van der Waals surface area contributed by atoms with Gasteiger partial charge in [0.2, 0.25) is 0 Å². The van der Waals surface area contributed by atoms with Crippen LogP contribution in [0.5, 0.6) is 0 Å². The zero-order chi connectivity index (χ0) is 33.0. The second kappa shape index (κ2) is 11.6. The Morgan fingerprint density at radius 3 is 2.00 bits per heavy atom. The van der Waals surface area contributed by atoms with Crippen LogP contribution in [0.4, 0.5) is 0 Å². The number of hydrogen-bond donors (Lipinski definition) is 2. The van der Waals surface area contributed by atoms with Crippen molar-refractivity contribution in [1.82, 2.24) is 10.6 Å². The van der Waals surface area contributed by atoms with Gasteiger partial charge < -0.3 is 14.2 Å². The lowest BCUT2D eigenvalue weighted by Crippen LogP contribution is -2.44. The molecule has 1 aliphatic heterocycles. The molecule has 2 N–H and O–H groups in total. The van der Waals surface area contributed by atoms with Gasteiger partial charge in [-0.3, -0.25) is 5.32 Å². The molecule has 0 radical (unpaired) electrons. The summed E-state index contributed by atoms with van der Waals surface area (Å²) in [7, 11) is 0. The Kier molecular flexibility index (Phi) is 6.64. The maximum absolute atomic E-state index is 6.38. The maximum atomic E-state index is 6.38. The smallest absolute Gasteiger partial charge is 0.136 e. The first-order chi connectivity index (χ1) is 24.7. The summed E-state index contributed by atoms with van der Waals surface area (Å²) in [4.78, 5) is 5.24. The lowest BCUT2D eigenvalue weighted by molar-refractivity contribution is 0.409. The van der Waals surface area contributed by atoms with Crippen molar-refractivity contribution in [1.29, 1.82) is 0 Å². The Morgan fingerprint density at radius 1 is 0.440 bits per heavy atom. The topological polar surface area (TPSA) is 62.7 Å². The average molecular weight is 646 g/mol. The van der Waals surface area contributed by atoms with Crippen LogP contribution >= 0.6 is 0 Å². The van der Waals surface area contributed by atoms with Gasteiger partial charge in [0.1, 0.15) is 40.5 Å². The molecule has 0 saturated carbocycles. The highest BCUT2D eigenvalue weighted by Crippen LogP contribution is 2.39. The quantitative estimate of drug-likeness (QED) is 0.195. The van der Waals surface area contributed by atoms with E-state index in [0.717, 1.165) is 77.5 Å². The third-order valence-corrected chi connectivity index (χ3v) is 9.76. The van der Waals surface area contributed by atoms with Crippen molar-refractivity contribution >= 4 is 49.7 Å². The fourth-order valence-corrected chi connectivity index (χ4v) is 7.32. The summed E-state index contributed by atoms with van der Waals surface area (Å²) in [5, 5.41) is 11.9. The number of rotatable bonds is 5. The zero-order valence-electron chi connectivity index (χ0n) is 27.0. The summed E-state index contributed by atoms with van der Waals surface area (Å²) in [5.74, 6) is 0.846. The Hall–Kier alpha value is -6.43. The Morgan fingerprint density at radius 2 is 1.12 bits per heavy atom. The molecule has 0 fully saturated rings. The number of aliphatic imine (C=N–C) groups is 1. The van der Waals surface area contributed by atoms with E-state index in [1.165, 1.54) is 11.1 Å². The lowest BCUT2D eigenvalue weighted by Gasteiger charge is -2.32. The predicted molar refractivity (Wildman–Crippen MR) is 203 cm³/mol. The molecule has 0 amide bonds. The number of benzene rings is 7. The molecule has 3 heterocycles. The number of furan rings is 2. The van der Waals surface area contributed by atoms with E-state index in [1.54, 1.807) is 0 Å². The predicted octanol–water partition coefficient (Wildman–Crippen LogP) is 11.2. The van der Waals surface area contributed by atoms with Crippen molar-refractivity contribution in [3.8, 4) is 22.3 Å². The van der Waals surface area contributed by atoms with Gasteiger partial charge in [0, 0.05) is 27.1 Å². The van der Waals surface area contributed by atoms with Gasteiger partial charge in [-0.25, -0.2) is 4.99 Å². The number of nitrogens with zero attached hydrogens (tertiary/aromatic N) is 1. The minimum absolute atomic E-state index is 0.188. The van der Waals surface area contributed by atoms with Crippen LogP contribution in [0.2, 0.25) is 0 Å². The molecule has 0 spiro atoms. The van der Waals surface area contributed by atoms with Crippen LogP contribution in [-0.2, 0) is 0 Å². The van der Waals surface area contributed by atoms with Crippen molar-refractivity contribution in [2.75, 3.05) is 0 Å². The van der Waals surface area contributed by atoms with Gasteiger partial charge >= 0.3 is 0 Å². The van der Waals surface area contributed by atoms with E-state index in [9.17, 15) is 0 Å². The van der Waals surface area contributed by atoms with Gasteiger partial charge in [0.15, 0.2) is 0 Å². The van der Waals surface area contributed by atoms with E-state index in [1.807, 2.05) is 24.3 Å². The SMILES string of the molecule is c1ccc(C2=NC(c3cccc(-c4cccc5oc6ccc(-c7ccccc7)cc6c45)c3)NC(c3ccc4oc5ccccc5c4c3)N2)cc1. The summed E-state index contributed by atoms with van der Waals surface area (Å²) in [6.07, 6.45) is -0.481. The van der Waals surface area contributed by atoms with Crippen molar-refractivity contribution < 1.29 is 8.83 Å². The van der Waals surface area contributed by atoms with E-state index in [-0.39, 0.29) is 12.3 Å². The van der Waals surface area contributed by atoms with E-state index < -0.39 is 0 Å². The molecular weight excluding hydrogens is 615 g/mol. The molecular formula is C45H31N3O2. The molecule has 2 aromatic heterocycles. The molecule has 5 heteroatoms. The van der Waals surface area contributed by atoms with Gasteiger partial charge in [-0.05, 0) is 75.8 Å². The molecule has 2 unspecified atom stereocenters. The van der Waals surface area contributed by atoms with Crippen molar-refractivity contribution in [2.45, 2.75) is 12.3 Å². The van der Waals surface area contributed by atoms with Crippen molar-refractivity contribution in [3.63, 3.8) is 0 Å². The molecule has 0 bridgehead atoms. The van der Waals surface area contributed by atoms with Crippen LogP contribution in [0.1, 0.15) is 29.0 Å². The van der Waals surface area contributed by atoms with Gasteiger partial charge in [-0.1, -0.05) is 121 Å². The third-order valence-electron chi connectivity index (χ3n) is 9.76. The normalized spacial score (nSPS) is 16.2. The number of fused-ring (bicyclic) bond motifs is 6. The highest BCUT2D eigenvalue weighted by Gasteiger charge is 2.26. The number of amidine groups is 1. The average Bonchev–Trinajstić information content (AvgIpc) is 3.76. The second-order valence-electron chi connectivity index (χ2n) is 12.8. The van der Waals surface area contributed by atoms with Gasteiger partial charge in [-0.2, -0.15) is 0 Å². The van der Waals surface area contributed by atoms with Gasteiger partial charge in [0.05, 0.1) is 0 Å². The van der Waals surface area contributed by atoms with Crippen LogP contribution < -0.4 is 10.6 Å². The number of para-hydroxylation sites is 1. The Labute approximate surface area is 288 Å². The molecule has 0 saturated heterocycles. The summed E-state index contributed by atoms with van der Waals surface area (Å²) in [5.41, 5.74) is 11.3. The Balaban J connectivity index is 1.07. The highest BCUT2D eigenvalue weighted by atomic mass is 16.3. The van der Waals surface area contributed by atoms with E-state index >= 15 is 0 Å². The number of nitrogens with one attached hydrogen (secondary N) is 2. The monoisotopic (exact) mass is 645 g/mol. The van der Waals surface area contributed by atoms with Crippen LogP contribution in [0, 0.1) is 0 Å². The molecule has 9 aromatic rings. The first-order valence-corrected chi connectivity index (χ1v) is 16.9. The molecule has 1 aliphatic rings. The van der Waals surface area contributed by atoms with Crippen molar-refractivity contribution in [2.24, 2.45) is 4.99 Å². The van der Waals surface area contributed by atoms with E-state index in [2.05, 4.69) is 150 Å². The third kappa shape index (κ3) is 4.87. The largest absolute Gasteiger partial charge is 0.456 e. The first kappa shape index (κ1) is 28.6. The highest BCUT2D eigenvalue weighted by molar-refractivity contribution is 6.13. The molecule has 0 aliphatic carbocycles. The van der Waals surface area contributed by atoms with Gasteiger partial charge in [-0.15, -0.1) is 0 Å². The molecule has 5 nitrogen and oxygen atoms in total. The Bertz CT molecular complexity index is 2730. The summed E-state index contributed by atoms with van der Waals surface area (Å²) >= 11 is 0. The molecule has 50 heavy (non-hydrogen) atoms.